The fourth-order valence-electron chi connectivity index (χ4n) is 3.13. The van der Waals surface area contributed by atoms with Crippen LogP contribution in [0.25, 0.3) is 0 Å². The number of nitrogens with one attached hydrogen (secondary N) is 1. The highest BCUT2D eigenvalue weighted by molar-refractivity contribution is 5.00. The number of ether oxygens (including phenoxy) is 2. The zero-order valence-electron chi connectivity index (χ0n) is 12.0. The lowest BCUT2D eigenvalue weighted by atomic mass is 9.76. The Bertz CT molecular complexity index is 307. The van der Waals surface area contributed by atoms with Gasteiger partial charge in [-0.3, -0.25) is 0 Å². The highest BCUT2D eigenvalue weighted by Crippen LogP contribution is 2.49. The lowest BCUT2D eigenvalue weighted by Crippen LogP contribution is -2.43. The van der Waals surface area contributed by atoms with E-state index in [1.807, 2.05) is 6.92 Å². The third-order valence-corrected chi connectivity index (χ3v) is 4.29. The van der Waals surface area contributed by atoms with E-state index in [0.29, 0.717) is 18.9 Å². The van der Waals surface area contributed by atoms with E-state index in [1.54, 1.807) is 0 Å². The molecule has 0 radical (unpaired) electrons. The van der Waals surface area contributed by atoms with E-state index in [0.717, 1.165) is 19.5 Å². The SMILES string of the molecule is CCNCC1(CCOCC(F)(F)F)CCOC1C1CC1. The summed E-state index contributed by atoms with van der Waals surface area (Å²) in [6.07, 6.45) is -0.134. The van der Waals surface area contributed by atoms with Gasteiger partial charge >= 0.3 is 6.18 Å². The smallest absolute Gasteiger partial charge is 0.377 e. The number of hydrogen-bond donors (Lipinski definition) is 1. The molecule has 1 heterocycles. The Balaban J connectivity index is 1.86. The minimum Gasteiger partial charge on any atom is -0.377 e. The first kappa shape index (κ1) is 16.0. The molecular weight excluding hydrogens is 271 g/mol. The molecule has 0 aromatic rings. The van der Waals surface area contributed by atoms with Crippen LogP contribution in [0.4, 0.5) is 13.2 Å². The molecule has 118 valence electrons. The summed E-state index contributed by atoms with van der Waals surface area (Å²) in [5, 5.41) is 3.34. The maximum atomic E-state index is 12.1. The molecule has 0 spiro atoms. The Morgan fingerprint density at radius 1 is 1.35 bits per heavy atom. The molecule has 2 aliphatic rings. The summed E-state index contributed by atoms with van der Waals surface area (Å²) in [4.78, 5) is 0. The van der Waals surface area contributed by atoms with Crippen LogP contribution in [-0.2, 0) is 9.47 Å². The lowest BCUT2D eigenvalue weighted by Gasteiger charge is -2.34. The van der Waals surface area contributed by atoms with E-state index in [1.165, 1.54) is 12.8 Å². The van der Waals surface area contributed by atoms with Crippen molar-refractivity contribution in [3.8, 4) is 0 Å². The van der Waals surface area contributed by atoms with Crippen molar-refractivity contribution >= 4 is 0 Å². The molecule has 6 heteroatoms. The Hall–Kier alpha value is -0.330. The van der Waals surface area contributed by atoms with Gasteiger partial charge in [0, 0.05) is 25.2 Å². The molecule has 1 saturated carbocycles. The van der Waals surface area contributed by atoms with Crippen molar-refractivity contribution in [1.29, 1.82) is 0 Å². The summed E-state index contributed by atoms with van der Waals surface area (Å²) in [6, 6.07) is 0. The molecule has 1 saturated heterocycles. The fraction of sp³-hybridized carbons (Fsp3) is 1.00. The van der Waals surface area contributed by atoms with E-state index in [9.17, 15) is 13.2 Å². The zero-order chi connectivity index (χ0) is 14.6. The summed E-state index contributed by atoms with van der Waals surface area (Å²) in [7, 11) is 0. The predicted molar refractivity (Wildman–Crippen MR) is 69.5 cm³/mol. The van der Waals surface area contributed by atoms with Crippen molar-refractivity contribution in [2.24, 2.45) is 11.3 Å². The van der Waals surface area contributed by atoms with Crippen LogP contribution in [0.3, 0.4) is 0 Å². The van der Waals surface area contributed by atoms with Gasteiger partial charge < -0.3 is 14.8 Å². The number of hydrogen-bond acceptors (Lipinski definition) is 3. The van der Waals surface area contributed by atoms with E-state index in [2.05, 4.69) is 5.32 Å². The minimum absolute atomic E-state index is 0.0528. The van der Waals surface area contributed by atoms with E-state index in [4.69, 9.17) is 9.47 Å². The monoisotopic (exact) mass is 295 g/mol. The van der Waals surface area contributed by atoms with Gasteiger partial charge in [-0.15, -0.1) is 0 Å². The Kier molecular flexibility index (Phi) is 5.31. The molecule has 1 aliphatic carbocycles. The van der Waals surface area contributed by atoms with Crippen LogP contribution in [0.15, 0.2) is 0 Å². The molecule has 2 rings (SSSR count). The van der Waals surface area contributed by atoms with Crippen LogP contribution in [0.1, 0.15) is 32.6 Å². The normalized spacial score (nSPS) is 30.9. The van der Waals surface area contributed by atoms with Crippen molar-refractivity contribution in [2.45, 2.75) is 44.9 Å². The maximum Gasteiger partial charge on any atom is 0.411 e. The molecule has 1 aliphatic heterocycles. The molecule has 2 unspecified atom stereocenters. The molecule has 0 aromatic heterocycles. The highest BCUT2D eigenvalue weighted by Gasteiger charge is 2.50. The van der Waals surface area contributed by atoms with Crippen molar-refractivity contribution in [3.05, 3.63) is 0 Å². The molecule has 0 bridgehead atoms. The van der Waals surface area contributed by atoms with E-state index >= 15 is 0 Å². The topological polar surface area (TPSA) is 30.5 Å². The van der Waals surface area contributed by atoms with E-state index in [-0.39, 0.29) is 18.1 Å². The molecule has 2 fully saturated rings. The van der Waals surface area contributed by atoms with Crippen molar-refractivity contribution < 1.29 is 22.6 Å². The fourth-order valence-corrected chi connectivity index (χ4v) is 3.13. The van der Waals surface area contributed by atoms with Crippen LogP contribution in [0, 0.1) is 11.3 Å². The summed E-state index contributed by atoms with van der Waals surface area (Å²) < 4.78 is 47.0. The highest BCUT2D eigenvalue weighted by atomic mass is 19.4. The molecule has 2 atom stereocenters. The molecule has 3 nitrogen and oxygen atoms in total. The summed E-state index contributed by atoms with van der Waals surface area (Å²) in [5.41, 5.74) is -0.0528. The first-order valence-corrected chi connectivity index (χ1v) is 7.44. The molecule has 20 heavy (non-hydrogen) atoms. The van der Waals surface area contributed by atoms with Gasteiger partial charge in [-0.1, -0.05) is 6.92 Å². The first-order chi connectivity index (χ1) is 9.47. The molecule has 0 aromatic carbocycles. The van der Waals surface area contributed by atoms with Crippen molar-refractivity contribution in [1.82, 2.24) is 5.32 Å². The summed E-state index contributed by atoms with van der Waals surface area (Å²) >= 11 is 0. The predicted octanol–water partition coefficient (Wildman–Crippen LogP) is 2.75. The Morgan fingerprint density at radius 2 is 2.10 bits per heavy atom. The third-order valence-electron chi connectivity index (χ3n) is 4.29. The van der Waals surface area contributed by atoms with Gasteiger partial charge in [-0.05, 0) is 38.1 Å². The maximum absolute atomic E-state index is 12.1. The second-order valence-corrected chi connectivity index (χ2v) is 5.94. The quantitative estimate of drug-likeness (QED) is 0.699. The molecule has 0 amide bonds. The number of rotatable bonds is 8. The third kappa shape index (κ3) is 4.33. The van der Waals surface area contributed by atoms with Gasteiger partial charge in [0.15, 0.2) is 0 Å². The lowest BCUT2D eigenvalue weighted by molar-refractivity contribution is -0.176. The molecular formula is C14H24F3NO2. The van der Waals surface area contributed by atoms with Crippen molar-refractivity contribution in [3.63, 3.8) is 0 Å². The summed E-state index contributed by atoms with van der Waals surface area (Å²) in [5.74, 6) is 0.596. The average molecular weight is 295 g/mol. The Morgan fingerprint density at radius 3 is 2.70 bits per heavy atom. The van der Waals surface area contributed by atoms with Gasteiger partial charge in [0.2, 0.25) is 0 Å². The van der Waals surface area contributed by atoms with Crippen LogP contribution in [0.2, 0.25) is 0 Å². The van der Waals surface area contributed by atoms with Crippen LogP contribution >= 0.6 is 0 Å². The first-order valence-electron chi connectivity index (χ1n) is 7.44. The van der Waals surface area contributed by atoms with Crippen LogP contribution < -0.4 is 5.32 Å². The van der Waals surface area contributed by atoms with Crippen molar-refractivity contribution in [2.75, 3.05) is 32.9 Å². The average Bonchev–Trinajstić information content (AvgIpc) is 3.13. The van der Waals surface area contributed by atoms with Gasteiger partial charge in [0.1, 0.15) is 6.61 Å². The van der Waals surface area contributed by atoms with E-state index < -0.39 is 12.8 Å². The van der Waals surface area contributed by atoms with Gasteiger partial charge in [-0.2, -0.15) is 13.2 Å². The van der Waals surface area contributed by atoms with Crippen LogP contribution in [0.5, 0.6) is 0 Å². The zero-order valence-corrected chi connectivity index (χ0v) is 12.0. The minimum atomic E-state index is -4.24. The molecule has 1 N–H and O–H groups in total. The van der Waals surface area contributed by atoms with Gasteiger partial charge in [-0.25, -0.2) is 0 Å². The largest absolute Gasteiger partial charge is 0.411 e. The van der Waals surface area contributed by atoms with Crippen LogP contribution in [-0.4, -0.2) is 45.2 Å². The second kappa shape index (κ2) is 6.62. The number of halogens is 3. The standard InChI is InChI=1S/C14H24F3NO2/c1-2-18-9-13(5-7-19-10-14(15,16)17)6-8-20-12(13)11-3-4-11/h11-12,18H,2-10H2,1H3. The Labute approximate surface area is 118 Å². The summed E-state index contributed by atoms with van der Waals surface area (Å²) in [6.45, 7) is 3.42. The second-order valence-electron chi connectivity index (χ2n) is 5.94. The van der Waals surface area contributed by atoms with Gasteiger partial charge in [0.05, 0.1) is 6.10 Å². The van der Waals surface area contributed by atoms with Gasteiger partial charge in [0.25, 0.3) is 0 Å². The number of alkyl halides is 3.